The van der Waals surface area contributed by atoms with Crippen LogP contribution in [0.4, 0.5) is 0 Å². The van der Waals surface area contributed by atoms with Crippen LogP contribution in [-0.4, -0.2) is 38.4 Å². The van der Waals surface area contributed by atoms with Crippen molar-refractivity contribution in [3.05, 3.63) is 16.5 Å². The highest BCUT2D eigenvalue weighted by molar-refractivity contribution is 7.91. The van der Waals surface area contributed by atoms with Crippen LogP contribution in [-0.2, 0) is 14.8 Å². The lowest BCUT2D eigenvalue weighted by molar-refractivity contribution is -0.132. The Labute approximate surface area is 140 Å². The van der Waals surface area contributed by atoms with Crippen LogP contribution in [0.1, 0.15) is 33.1 Å². The third-order valence-corrected chi connectivity index (χ3v) is 6.73. The second kappa shape index (κ2) is 7.29. The molecule has 1 atom stereocenters. The Bertz CT molecular complexity index is 622. The lowest BCUT2D eigenvalue weighted by atomic mass is 10.0. The molecular formula is C14H21ClN2O3S2. The minimum Gasteiger partial charge on any atom is -0.341 e. The summed E-state index contributed by atoms with van der Waals surface area (Å²) in [5.74, 6) is 0.0867. The van der Waals surface area contributed by atoms with E-state index in [1.54, 1.807) is 11.0 Å². The Morgan fingerprint density at radius 2 is 2.00 bits per heavy atom. The Morgan fingerprint density at radius 3 is 2.50 bits per heavy atom. The summed E-state index contributed by atoms with van der Waals surface area (Å²) in [6.45, 7) is 5.36. The molecule has 0 unspecified atom stereocenters. The summed E-state index contributed by atoms with van der Waals surface area (Å²) in [6, 6.07) is 2.28. The van der Waals surface area contributed by atoms with Crippen LogP contribution < -0.4 is 4.72 Å². The molecular weight excluding hydrogens is 344 g/mol. The first-order valence-electron chi connectivity index (χ1n) is 7.36. The van der Waals surface area contributed by atoms with E-state index in [4.69, 9.17) is 11.6 Å². The smallest absolute Gasteiger partial charge is 0.250 e. The molecule has 0 radical (unpaired) electrons. The topological polar surface area (TPSA) is 66.5 Å². The van der Waals surface area contributed by atoms with Crippen molar-refractivity contribution in [3.63, 3.8) is 0 Å². The molecule has 0 saturated carbocycles. The van der Waals surface area contributed by atoms with Crippen molar-refractivity contribution in [1.82, 2.24) is 9.62 Å². The van der Waals surface area contributed by atoms with Crippen molar-refractivity contribution >= 4 is 38.9 Å². The maximum absolute atomic E-state index is 12.6. The van der Waals surface area contributed by atoms with Gasteiger partial charge in [0, 0.05) is 13.1 Å². The fraction of sp³-hybridized carbons (Fsp3) is 0.643. The van der Waals surface area contributed by atoms with Crippen LogP contribution in [0.2, 0.25) is 4.34 Å². The first-order valence-corrected chi connectivity index (χ1v) is 10.0. The molecule has 1 saturated heterocycles. The normalized spacial score (nSPS) is 17.2. The van der Waals surface area contributed by atoms with E-state index in [-0.39, 0.29) is 16.0 Å². The van der Waals surface area contributed by atoms with Gasteiger partial charge in [-0.2, -0.15) is 4.72 Å². The van der Waals surface area contributed by atoms with Gasteiger partial charge in [0.05, 0.1) is 4.34 Å². The van der Waals surface area contributed by atoms with Gasteiger partial charge in [-0.15, -0.1) is 11.3 Å². The molecule has 2 heterocycles. The molecule has 1 amide bonds. The molecule has 1 aliphatic heterocycles. The largest absolute Gasteiger partial charge is 0.341 e. The predicted molar refractivity (Wildman–Crippen MR) is 88.7 cm³/mol. The second-order valence-electron chi connectivity index (χ2n) is 5.89. The maximum Gasteiger partial charge on any atom is 0.250 e. The number of carbonyl (C=O) groups excluding carboxylic acids is 1. The van der Waals surface area contributed by atoms with Crippen LogP contribution >= 0.6 is 22.9 Å². The fourth-order valence-corrected chi connectivity index (χ4v) is 5.22. The zero-order valence-corrected chi connectivity index (χ0v) is 15.1. The zero-order chi connectivity index (χ0) is 16.3. The molecule has 1 N–H and O–H groups in total. The molecule has 2 rings (SSSR count). The van der Waals surface area contributed by atoms with Crippen molar-refractivity contribution in [1.29, 1.82) is 0 Å². The third kappa shape index (κ3) is 4.44. The van der Waals surface area contributed by atoms with Gasteiger partial charge in [0.2, 0.25) is 5.91 Å². The van der Waals surface area contributed by atoms with Crippen molar-refractivity contribution in [3.8, 4) is 0 Å². The maximum atomic E-state index is 12.6. The fourth-order valence-electron chi connectivity index (χ4n) is 2.52. The van der Waals surface area contributed by atoms with Crippen LogP contribution in [0.3, 0.4) is 0 Å². The number of sulfonamides is 1. The van der Waals surface area contributed by atoms with Gasteiger partial charge in [0.25, 0.3) is 10.0 Å². The van der Waals surface area contributed by atoms with Gasteiger partial charge in [-0.3, -0.25) is 4.79 Å². The van der Waals surface area contributed by atoms with Gasteiger partial charge in [0.15, 0.2) is 0 Å². The van der Waals surface area contributed by atoms with Crippen LogP contribution in [0.15, 0.2) is 16.3 Å². The van der Waals surface area contributed by atoms with Crippen molar-refractivity contribution in [2.45, 2.75) is 43.4 Å². The molecule has 0 spiro atoms. The van der Waals surface area contributed by atoms with Crippen LogP contribution in [0, 0.1) is 5.92 Å². The first kappa shape index (κ1) is 17.7. The molecule has 8 heteroatoms. The minimum atomic E-state index is -3.72. The number of thiophene rings is 1. The number of nitrogens with zero attached hydrogens (tertiary/aromatic N) is 1. The van der Waals surface area contributed by atoms with Gasteiger partial charge < -0.3 is 4.90 Å². The average Bonchev–Trinajstić information content (AvgIpc) is 3.07. The monoisotopic (exact) mass is 364 g/mol. The lowest BCUT2D eigenvalue weighted by Gasteiger charge is -2.24. The van der Waals surface area contributed by atoms with Crippen molar-refractivity contribution in [2.75, 3.05) is 13.1 Å². The van der Waals surface area contributed by atoms with Gasteiger partial charge in [-0.1, -0.05) is 25.4 Å². The molecule has 0 aromatic carbocycles. The molecule has 5 nitrogen and oxygen atoms in total. The van der Waals surface area contributed by atoms with E-state index in [0.717, 1.165) is 24.2 Å². The van der Waals surface area contributed by atoms with Gasteiger partial charge in [-0.05, 0) is 37.3 Å². The highest BCUT2D eigenvalue weighted by Crippen LogP contribution is 2.26. The number of hydrogen-bond donors (Lipinski definition) is 1. The number of amides is 1. The standard InChI is InChI=1S/C14H21ClN2O3S2/c1-10(2)9-11(14(18)17-7-3-4-8-17)16-22(19,20)13-6-5-12(15)21-13/h5-6,10-11,16H,3-4,7-9H2,1-2H3/t11-/m1/s1. The highest BCUT2D eigenvalue weighted by atomic mass is 35.5. The summed E-state index contributed by atoms with van der Waals surface area (Å²) in [7, 11) is -3.72. The van der Waals surface area contributed by atoms with E-state index in [2.05, 4.69) is 4.72 Å². The SMILES string of the molecule is CC(C)C[C@@H](NS(=O)(=O)c1ccc(Cl)s1)C(=O)N1CCCC1. The molecule has 124 valence electrons. The summed E-state index contributed by atoms with van der Waals surface area (Å²) >= 11 is 6.79. The summed E-state index contributed by atoms with van der Waals surface area (Å²) in [5.41, 5.74) is 0. The summed E-state index contributed by atoms with van der Waals surface area (Å²) < 4.78 is 28.0. The molecule has 22 heavy (non-hydrogen) atoms. The number of rotatable bonds is 6. The number of carbonyl (C=O) groups is 1. The molecule has 0 aliphatic carbocycles. The molecule has 0 bridgehead atoms. The summed E-state index contributed by atoms with van der Waals surface area (Å²) in [6.07, 6.45) is 2.44. The van der Waals surface area contributed by atoms with E-state index in [1.165, 1.54) is 6.07 Å². The Balaban J connectivity index is 2.16. The lowest BCUT2D eigenvalue weighted by Crippen LogP contribution is -2.48. The van der Waals surface area contributed by atoms with E-state index in [1.807, 2.05) is 13.8 Å². The van der Waals surface area contributed by atoms with Crippen LogP contribution in [0.5, 0.6) is 0 Å². The second-order valence-corrected chi connectivity index (χ2v) is 9.55. The minimum absolute atomic E-state index is 0.127. The predicted octanol–water partition coefficient (Wildman–Crippen LogP) is 2.72. The quantitative estimate of drug-likeness (QED) is 0.843. The van der Waals surface area contributed by atoms with Crippen molar-refractivity contribution < 1.29 is 13.2 Å². The van der Waals surface area contributed by atoms with Gasteiger partial charge >= 0.3 is 0 Å². The first-order chi connectivity index (χ1) is 10.3. The third-order valence-electron chi connectivity index (χ3n) is 3.53. The number of nitrogens with one attached hydrogen (secondary N) is 1. The van der Waals surface area contributed by atoms with E-state index < -0.39 is 16.1 Å². The van der Waals surface area contributed by atoms with E-state index >= 15 is 0 Å². The summed E-state index contributed by atoms with van der Waals surface area (Å²) in [4.78, 5) is 14.3. The zero-order valence-electron chi connectivity index (χ0n) is 12.7. The number of likely N-dealkylation sites (tertiary alicyclic amines) is 1. The Morgan fingerprint density at radius 1 is 1.36 bits per heavy atom. The van der Waals surface area contributed by atoms with E-state index in [9.17, 15) is 13.2 Å². The molecule has 1 aromatic rings. The Hall–Kier alpha value is -0.630. The Kier molecular flexibility index (Phi) is 5.87. The van der Waals surface area contributed by atoms with E-state index in [0.29, 0.717) is 23.8 Å². The number of hydrogen-bond acceptors (Lipinski definition) is 4. The van der Waals surface area contributed by atoms with Crippen molar-refractivity contribution in [2.24, 2.45) is 5.92 Å². The molecule has 1 aromatic heterocycles. The average molecular weight is 365 g/mol. The summed E-state index contributed by atoms with van der Waals surface area (Å²) in [5, 5.41) is 0. The molecule has 1 fully saturated rings. The van der Waals surface area contributed by atoms with Gasteiger partial charge in [0.1, 0.15) is 10.3 Å². The highest BCUT2D eigenvalue weighted by Gasteiger charge is 2.31. The molecule has 1 aliphatic rings. The van der Waals surface area contributed by atoms with Crippen LogP contribution in [0.25, 0.3) is 0 Å². The number of halogens is 1. The van der Waals surface area contributed by atoms with Gasteiger partial charge in [-0.25, -0.2) is 8.42 Å².